The molecule has 1 aliphatic carbocycles. The first-order valence-electron chi connectivity index (χ1n) is 5.14. The van der Waals surface area contributed by atoms with Gasteiger partial charge in [-0.25, -0.2) is 8.78 Å². The summed E-state index contributed by atoms with van der Waals surface area (Å²) in [6.07, 6.45) is 1.35. The molecule has 0 saturated heterocycles. The van der Waals surface area contributed by atoms with Gasteiger partial charge in [-0.3, -0.25) is 4.79 Å². The summed E-state index contributed by atoms with van der Waals surface area (Å²) in [6.45, 7) is 0.208. The molecule has 0 bridgehead atoms. The normalized spacial score (nSPS) is 16.7. The van der Waals surface area contributed by atoms with E-state index in [1.54, 1.807) is 0 Å². The Hall–Kier alpha value is -1.20. The quantitative estimate of drug-likeness (QED) is 0.876. The van der Waals surface area contributed by atoms with Crippen molar-refractivity contribution in [3.8, 4) is 0 Å². The smallest absolute Gasteiger partial charge is 0.231 e. The Morgan fingerprint density at radius 3 is 2.59 bits per heavy atom. The molecule has 1 aromatic rings. The highest BCUT2D eigenvalue weighted by Crippen LogP contribution is 2.45. The molecule has 0 spiro atoms. The van der Waals surface area contributed by atoms with Crippen LogP contribution in [0.3, 0.4) is 0 Å². The average molecular weight is 261 g/mol. The molecule has 1 amide bonds. The highest BCUT2D eigenvalue weighted by molar-refractivity contribution is 6.33. The average Bonchev–Trinajstić information content (AvgIpc) is 3.03. The van der Waals surface area contributed by atoms with Gasteiger partial charge in [-0.15, -0.1) is 0 Å². The third-order valence-corrected chi connectivity index (χ3v) is 3.27. The molecule has 6 heteroatoms. The zero-order valence-electron chi connectivity index (χ0n) is 8.90. The highest BCUT2D eigenvalue weighted by atomic mass is 35.5. The Bertz CT molecular complexity index is 452. The molecule has 1 fully saturated rings. The van der Waals surface area contributed by atoms with E-state index >= 15 is 0 Å². The molecule has 0 atom stereocenters. The number of carbonyl (C=O) groups is 1. The third kappa shape index (κ3) is 2.25. The fourth-order valence-corrected chi connectivity index (χ4v) is 1.82. The number of hydrogen-bond acceptors (Lipinski definition) is 2. The van der Waals surface area contributed by atoms with Gasteiger partial charge in [0.1, 0.15) is 5.82 Å². The van der Waals surface area contributed by atoms with Crippen molar-refractivity contribution in [1.82, 2.24) is 0 Å². The predicted molar refractivity (Wildman–Crippen MR) is 60.7 cm³/mol. The molecule has 0 heterocycles. The largest absolute Gasteiger partial charge is 0.329 e. The number of hydrogen-bond donors (Lipinski definition) is 2. The summed E-state index contributed by atoms with van der Waals surface area (Å²) < 4.78 is 26.2. The summed E-state index contributed by atoms with van der Waals surface area (Å²) in [5.41, 5.74) is 4.67. The van der Waals surface area contributed by atoms with Gasteiger partial charge in [-0.2, -0.15) is 0 Å². The molecule has 3 nitrogen and oxygen atoms in total. The van der Waals surface area contributed by atoms with Crippen molar-refractivity contribution in [3.63, 3.8) is 0 Å². The van der Waals surface area contributed by atoms with Gasteiger partial charge in [0, 0.05) is 12.6 Å². The molecule has 1 aromatic carbocycles. The minimum absolute atomic E-state index is 0.163. The first-order valence-corrected chi connectivity index (χ1v) is 5.52. The zero-order chi connectivity index (χ0) is 12.6. The maximum Gasteiger partial charge on any atom is 0.231 e. The van der Waals surface area contributed by atoms with E-state index in [0.29, 0.717) is 18.9 Å². The molecule has 1 saturated carbocycles. The maximum atomic E-state index is 13.4. The Kier molecular flexibility index (Phi) is 3.05. The fraction of sp³-hybridized carbons (Fsp3) is 0.364. The second-order valence-corrected chi connectivity index (χ2v) is 4.59. The minimum Gasteiger partial charge on any atom is -0.329 e. The number of rotatable bonds is 3. The molecule has 0 aromatic heterocycles. The second kappa shape index (κ2) is 4.23. The van der Waals surface area contributed by atoms with Crippen LogP contribution in [0.15, 0.2) is 12.1 Å². The second-order valence-electron chi connectivity index (χ2n) is 4.18. The first-order chi connectivity index (χ1) is 7.98. The summed E-state index contributed by atoms with van der Waals surface area (Å²) in [5.74, 6) is -2.05. The molecule has 1 aliphatic rings. The van der Waals surface area contributed by atoms with Crippen molar-refractivity contribution in [2.24, 2.45) is 11.1 Å². The van der Waals surface area contributed by atoms with Gasteiger partial charge >= 0.3 is 0 Å². The molecule has 0 radical (unpaired) electrons. The summed E-state index contributed by atoms with van der Waals surface area (Å²) in [5, 5.41) is 2.20. The number of nitrogens with two attached hydrogens (primary N) is 1. The van der Waals surface area contributed by atoms with Crippen LogP contribution in [0.4, 0.5) is 14.5 Å². The zero-order valence-corrected chi connectivity index (χ0v) is 9.65. The van der Waals surface area contributed by atoms with Gasteiger partial charge in [-0.05, 0) is 18.9 Å². The van der Waals surface area contributed by atoms with Crippen molar-refractivity contribution >= 4 is 23.2 Å². The lowest BCUT2D eigenvalue weighted by atomic mass is 10.1. The molecule has 3 N–H and O–H groups in total. The maximum absolute atomic E-state index is 13.4. The van der Waals surface area contributed by atoms with Crippen LogP contribution in [-0.2, 0) is 4.79 Å². The van der Waals surface area contributed by atoms with Gasteiger partial charge in [-0.1, -0.05) is 11.6 Å². The Morgan fingerprint density at radius 2 is 2.12 bits per heavy atom. The van der Waals surface area contributed by atoms with E-state index in [0.717, 1.165) is 6.07 Å². The van der Waals surface area contributed by atoms with E-state index in [-0.39, 0.29) is 23.2 Å². The van der Waals surface area contributed by atoms with Crippen LogP contribution in [0.2, 0.25) is 5.02 Å². The minimum atomic E-state index is -0.892. The molecular weight excluding hydrogens is 250 g/mol. The van der Waals surface area contributed by atoms with E-state index in [9.17, 15) is 13.6 Å². The van der Waals surface area contributed by atoms with Crippen molar-refractivity contribution in [2.45, 2.75) is 12.8 Å². The predicted octanol–water partition coefficient (Wildman–Crippen LogP) is 2.30. The van der Waals surface area contributed by atoms with E-state index in [1.807, 2.05) is 0 Å². The number of nitrogens with one attached hydrogen (secondary N) is 1. The number of carbonyl (C=O) groups excluding carboxylic acids is 1. The number of halogens is 3. The first kappa shape index (κ1) is 12.3. The van der Waals surface area contributed by atoms with Crippen LogP contribution in [0, 0.1) is 17.0 Å². The summed E-state index contributed by atoms with van der Waals surface area (Å²) >= 11 is 5.67. The Morgan fingerprint density at radius 1 is 1.47 bits per heavy atom. The van der Waals surface area contributed by atoms with Gasteiger partial charge in [0.2, 0.25) is 5.91 Å². The molecule has 0 unspecified atom stereocenters. The van der Waals surface area contributed by atoms with Crippen LogP contribution in [-0.4, -0.2) is 12.5 Å². The molecule has 0 aliphatic heterocycles. The fourth-order valence-electron chi connectivity index (χ4n) is 1.58. The van der Waals surface area contributed by atoms with Crippen LogP contribution < -0.4 is 11.1 Å². The van der Waals surface area contributed by atoms with E-state index in [4.69, 9.17) is 17.3 Å². The topological polar surface area (TPSA) is 55.1 Å². The lowest BCUT2D eigenvalue weighted by molar-refractivity contribution is -0.120. The van der Waals surface area contributed by atoms with Crippen molar-refractivity contribution in [3.05, 3.63) is 28.8 Å². The lowest BCUT2D eigenvalue weighted by Crippen LogP contribution is -2.31. The van der Waals surface area contributed by atoms with Crippen molar-refractivity contribution in [2.75, 3.05) is 11.9 Å². The third-order valence-electron chi connectivity index (χ3n) is 2.97. The Balaban J connectivity index is 2.22. The van der Waals surface area contributed by atoms with E-state index in [1.165, 1.54) is 0 Å². The molecule has 2 rings (SSSR count). The van der Waals surface area contributed by atoms with Gasteiger partial charge in [0.25, 0.3) is 0 Å². The molecule has 17 heavy (non-hydrogen) atoms. The number of amides is 1. The van der Waals surface area contributed by atoms with E-state index < -0.39 is 17.0 Å². The van der Waals surface area contributed by atoms with Crippen molar-refractivity contribution < 1.29 is 13.6 Å². The SMILES string of the molecule is NCC1(C(=O)Nc2c(F)cc(F)cc2Cl)CC1. The lowest BCUT2D eigenvalue weighted by Gasteiger charge is -2.14. The van der Waals surface area contributed by atoms with Crippen LogP contribution in [0.5, 0.6) is 0 Å². The van der Waals surface area contributed by atoms with Crippen LogP contribution in [0.1, 0.15) is 12.8 Å². The molecule has 92 valence electrons. The van der Waals surface area contributed by atoms with Gasteiger partial charge < -0.3 is 11.1 Å². The number of anilines is 1. The monoisotopic (exact) mass is 260 g/mol. The van der Waals surface area contributed by atoms with Crippen LogP contribution in [0.25, 0.3) is 0 Å². The standard InChI is InChI=1S/C11H11ClF2N2O/c12-7-3-6(13)4-8(14)9(7)16-10(17)11(5-15)1-2-11/h3-4H,1-2,5,15H2,(H,16,17). The Labute approximate surface area is 102 Å². The summed E-state index contributed by atoms with van der Waals surface area (Å²) in [4.78, 5) is 11.8. The summed E-state index contributed by atoms with van der Waals surface area (Å²) in [7, 11) is 0. The van der Waals surface area contributed by atoms with Gasteiger partial charge in [0.15, 0.2) is 5.82 Å². The number of benzene rings is 1. The van der Waals surface area contributed by atoms with Crippen LogP contribution >= 0.6 is 11.6 Å². The van der Waals surface area contributed by atoms with Gasteiger partial charge in [0.05, 0.1) is 16.1 Å². The van der Waals surface area contributed by atoms with E-state index in [2.05, 4.69) is 5.32 Å². The van der Waals surface area contributed by atoms with Crippen molar-refractivity contribution in [1.29, 1.82) is 0 Å². The summed E-state index contributed by atoms with van der Waals surface area (Å²) in [6, 6.07) is 1.62. The highest BCUT2D eigenvalue weighted by Gasteiger charge is 2.48. The molecular formula is C11H11ClF2N2O.